The Morgan fingerprint density at radius 3 is 2.76 bits per heavy atom. The molecular formula is C13H18FNO2. The van der Waals surface area contributed by atoms with E-state index in [1.165, 1.54) is 19.2 Å². The lowest BCUT2D eigenvalue weighted by atomic mass is 10.0. The molecule has 1 aromatic rings. The molecule has 0 saturated carbocycles. The van der Waals surface area contributed by atoms with Gasteiger partial charge in [0, 0.05) is 18.5 Å². The summed E-state index contributed by atoms with van der Waals surface area (Å²) in [4.78, 5) is 11.7. The molecule has 17 heavy (non-hydrogen) atoms. The van der Waals surface area contributed by atoms with Crippen molar-refractivity contribution in [1.82, 2.24) is 0 Å². The Morgan fingerprint density at radius 2 is 2.24 bits per heavy atom. The largest absolute Gasteiger partial charge is 0.497 e. The van der Waals surface area contributed by atoms with Gasteiger partial charge in [0.25, 0.3) is 0 Å². The first kappa shape index (κ1) is 13.6. The van der Waals surface area contributed by atoms with Gasteiger partial charge in [-0.15, -0.1) is 0 Å². The topological polar surface area (TPSA) is 52.3 Å². The normalized spacial score (nSPS) is 12.2. The van der Waals surface area contributed by atoms with Gasteiger partial charge >= 0.3 is 0 Å². The third-order valence-electron chi connectivity index (χ3n) is 2.54. The molecule has 0 spiro atoms. The van der Waals surface area contributed by atoms with E-state index in [0.717, 1.165) is 6.42 Å². The van der Waals surface area contributed by atoms with Gasteiger partial charge in [0.1, 0.15) is 11.6 Å². The van der Waals surface area contributed by atoms with Crippen molar-refractivity contribution in [2.24, 2.45) is 5.73 Å². The second-order valence-electron chi connectivity index (χ2n) is 4.14. The summed E-state index contributed by atoms with van der Waals surface area (Å²) in [5.41, 5.74) is 5.70. The predicted molar refractivity (Wildman–Crippen MR) is 64.8 cm³/mol. The quantitative estimate of drug-likeness (QED) is 0.776. The summed E-state index contributed by atoms with van der Waals surface area (Å²) in [6.07, 6.45) is 1.77. The maximum absolute atomic E-state index is 13.5. The van der Waals surface area contributed by atoms with Gasteiger partial charge in [0.15, 0.2) is 5.78 Å². The Labute approximate surface area is 101 Å². The fourth-order valence-electron chi connectivity index (χ4n) is 1.57. The van der Waals surface area contributed by atoms with Crippen LogP contribution in [-0.2, 0) is 0 Å². The van der Waals surface area contributed by atoms with Crippen LogP contribution >= 0.6 is 0 Å². The molecule has 0 saturated heterocycles. The highest BCUT2D eigenvalue weighted by molar-refractivity contribution is 5.96. The SMILES string of the molecule is COc1ccc(C(=O)CCCC(C)N)c(F)c1. The number of ether oxygens (including phenoxy) is 1. The predicted octanol–water partition coefficient (Wildman–Crippen LogP) is 2.53. The molecule has 0 heterocycles. The number of Topliss-reactive ketones (excluding diaryl/α,β-unsaturated/α-hetero) is 1. The highest BCUT2D eigenvalue weighted by atomic mass is 19.1. The van der Waals surface area contributed by atoms with Gasteiger partial charge < -0.3 is 10.5 Å². The minimum atomic E-state index is -0.532. The second-order valence-corrected chi connectivity index (χ2v) is 4.14. The van der Waals surface area contributed by atoms with Gasteiger partial charge in [0.05, 0.1) is 12.7 Å². The minimum Gasteiger partial charge on any atom is -0.497 e. The molecule has 3 nitrogen and oxygen atoms in total. The number of hydrogen-bond acceptors (Lipinski definition) is 3. The lowest BCUT2D eigenvalue weighted by Crippen LogP contribution is -2.15. The van der Waals surface area contributed by atoms with Crippen molar-refractivity contribution in [3.05, 3.63) is 29.6 Å². The Hall–Kier alpha value is -1.42. The summed E-state index contributed by atoms with van der Waals surface area (Å²) in [6.45, 7) is 1.89. The molecule has 0 aliphatic carbocycles. The Morgan fingerprint density at radius 1 is 1.53 bits per heavy atom. The van der Waals surface area contributed by atoms with Crippen molar-refractivity contribution in [3.8, 4) is 5.75 Å². The van der Waals surface area contributed by atoms with Crippen molar-refractivity contribution >= 4 is 5.78 Å². The molecule has 4 heteroatoms. The van der Waals surface area contributed by atoms with Gasteiger partial charge in [-0.05, 0) is 31.9 Å². The molecule has 0 radical (unpaired) electrons. The molecule has 1 unspecified atom stereocenters. The fraction of sp³-hybridized carbons (Fsp3) is 0.462. The smallest absolute Gasteiger partial charge is 0.165 e. The number of benzene rings is 1. The van der Waals surface area contributed by atoms with E-state index in [4.69, 9.17) is 10.5 Å². The van der Waals surface area contributed by atoms with E-state index in [1.807, 2.05) is 6.92 Å². The molecule has 94 valence electrons. The molecule has 0 aliphatic heterocycles. The zero-order valence-electron chi connectivity index (χ0n) is 10.2. The van der Waals surface area contributed by atoms with Crippen LogP contribution in [0.15, 0.2) is 18.2 Å². The van der Waals surface area contributed by atoms with Gasteiger partial charge in [-0.25, -0.2) is 4.39 Å². The highest BCUT2D eigenvalue weighted by Gasteiger charge is 2.12. The zero-order chi connectivity index (χ0) is 12.8. The van der Waals surface area contributed by atoms with Crippen LogP contribution in [0.2, 0.25) is 0 Å². The minimum absolute atomic E-state index is 0.0727. The van der Waals surface area contributed by atoms with Gasteiger partial charge in [-0.1, -0.05) is 0 Å². The van der Waals surface area contributed by atoms with E-state index in [2.05, 4.69) is 0 Å². The molecule has 0 fully saturated rings. The number of carbonyl (C=O) groups is 1. The van der Waals surface area contributed by atoms with Crippen LogP contribution in [0.25, 0.3) is 0 Å². The molecule has 1 aromatic carbocycles. The Balaban J connectivity index is 2.63. The van der Waals surface area contributed by atoms with E-state index < -0.39 is 5.82 Å². The maximum Gasteiger partial charge on any atom is 0.165 e. The lowest BCUT2D eigenvalue weighted by Gasteiger charge is -2.06. The molecule has 0 bridgehead atoms. The van der Waals surface area contributed by atoms with Gasteiger partial charge in [-0.3, -0.25) is 4.79 Å². The molecule has 1 rings (SSSR count). The monoisotopic (exact) mass is 239 g/mol. The van der Waals surface area contributed by atoms with Crippen LogP contribution in [0.1, 0.15) is 36.5 Å². The van der Waals surface area contributed by atoms with Crippen LogP contribution in [-0.4, -0.2) is 18.9 Å². The van der Waals surface area contributed by atoms with E-state index in [9.17, 15) is 9.18 Å². The summed E-state index contributed by atoms with van der Waals surface area (Å²) < 4.78 is 18.4. The van der Waals surface area contributed by atoms with Crippen molar-refractivity contribution < 1.29 is 13.9 Å². The average Bonchev–Trinajstić information content (AvgIpc) is 2.28. The van der Waals surface area contributed by atoms with Crippen LogP contribution in [0, 0.1) is 5.82 Å². The van der Waals surface area contributed by atoms with Crippen molar-refractivity contribution in [2.45, 2.75) is 32.2 Å². The second kappa shape index (κ2) is 6.35. The average molecular weight is 239 g/mol. The summed E-state index contributed by atoms with van der Waals surface area (Å²) in [5.74, 6) is -0.310. The Kier molecular flexibility index (Phi) is 5.10. The number of nitrogens with two attached hydrogens (primary N) is 1. The highest BCUT2D eigenvalue weighted by Crippen LogP contribution is 2.18. The summed E-state index contributed by atoms with van der Waals surface area (Å²) in [7, 11) is 1.46. The van der Waals surface area contributed by atoms with E-state index in [-0.39, 0.29) is 17.4 Å². The third kappa shape index (κ3) is 4.15. The van der Waals surface area contributed by atoms with Crippen LogP contribution in [0.4, 0.5) is 4.39 Å². The fourth-order valence-corrected chi connectivity index (χ4v) is 1.57. The number of methoxy groups -OCH3 is 1. The number of hydrogen-bond donors (Lipinski definition) is 1. The van der Waals surface area contributed by atoms with E-state index >= 15 is 0 Å². The Bertz CT molecular complexity index is 391. The molecule has 0 amide bonds. The first-order chi connectivity index (χ1) is 8.04. The number of rotatable bonds is 6. The first-order valence-corrected chi connectivity index (χ1v) is 5.67. The maximum atomic E-state index is 13.5. The van der Waals surface area contributed by atoms with Crippen LogP contribution in [0.5, 0.6) is 5.75 Å². The van der Waals surface area contributed by atoms with Gasteiger partial charge in [0.2, 0.25) is 0 Å². The molecule has 0 aliphatic rings. The van der Waals surface area contributed by atoms with E-state index in [0.29, 0.717) is 18.6 Å². The standard InChI is InChI=1S/C13H18FNO2/c1-9(15)4-3-5-13(16)11-7-6-10(17-2)8-12(11)14/h6-9H,3-5,15H2,1-2H3. The summed E-state index contributed by atoms with van der Waals surface area (Å²) in [6, 6.07) is 4.34. The van der Waals surface area contributed by atoms with Crippen LogP contribution < -0.4 is 10.5 Å². The van der Waals surface area contributed by atoms with Crippen molar-refractivity contribution in [2.75, 3.05) is 7.11 Å². The summed E-state index contributed by atoms with van der Waals surface area (Å²) in [5, 5.41) is 0. The zero-order valence-corrected chi connectivity index (χ0v) is 10.2. The first-order valence-electron chi connectivity index (χ1n) is 5.67. The third-order valence-corrected chi connectivity index (χ3v) is 2.54. The lowest BCUT2D eigenvalue weighted by molar-refractivity contribution is 0.0975. The van der Waals surface area contributed by atoms with Crippen molar-refractivity contribution in [1.29, 1.82) is 0 Å². The van der Waals surface area contributed by atoms with E-state index in [1.54, 1.807) is 6.07 Å². The van der Waals surface area contributed by atoms with Crippen molar-refractivity contribution in [3.63, 3.8) is 0 Å². The number of ketones is 1. The number of halogens is 1. The molecular weight excluding hydrogens is 221 g/mol. The molecule has 0 aromatic heterocycles. The molecule has 2 N–H and O–H groups in total. The van der Waals surface area contributed by atoms with Gasteiger partial charge in [-0.2, -0.15) is 0 Å². The number of carbonyl (C=O) groups excluding carboxylic acids is 1. The van der Waals surface area contributed by atoms with Crippen LogP contribution in [0.3, 0.4) is 0 Å². The summed E-state index contributed by atoms with van der Waals surface area (Å²) >= 11 is 0. The molecule has 1 atom stereocenters.